The largest absolute Gasteiger partial charge is 0.454 e. The average molecular weight is 361 g/mol. The van der Waals surface area contributed by atoms with Gasteiger partial charge in [-0.3, -0.25) is 19.3 Å². The molecular weight excluding hydrogens is 338 g/mol. The number of urea groups is 1. The molecule has 0 spiro atoms. The molecule has 2 N–H and O–H groups in total. The zero-order chi connectivity index (χ0) is 19.5. The van der Waals surface area contributed by atoms with Crippen LogP contribution in [0.15, 0.2) is 18.2 Å². The van der Waals surface area contributed by atoms with Gasteiger partial charge in [-0.05, 0) is 38.8 Å². The van der Waals surface area contributed by atoms with Gasteiger partial charge in [-0.1, -0.05) is 24.6 Å². The van der Waals surface area contributed by atoms with Gasteiger partial charge in [-0.25, -0.2) is 4.79 Å². The number of anilines is 1. The Kier molecular flexibility index (Phi) is 5.64. The van der Waals surface area contributed by atoms with E-state index in [0.29, 0.717) is 12.1 Å². The first-order chi connectivity index (χ1) is 12.2. The summed E-state index contributed by atoms with van der Waals surface area (Å²) >= 11 is 0. The summed E-state index contributed by atoms with van der Waals surface area (Å²) in [4.78, 5) is 48.7. The number of esters is 1. The summed E-state index contributed by atoms with van der Waals surface area (Å²) in [5, 5.41) is 5.19. The molecule has 4 amide bonds. The van der Waals surface area contributed by atoms with Crippen LogP contribution in [0.1, 0.15) is 31.4 Å². The molecule has 1 aliphatic heterocycles. The predicted octanol–water partition coefficient (Wildman–Crippen LogP) is 1.51. The highest BCUT2D eigenvalue weighted by molar-refractivity contribution is 6.08. The molecule has 1 heterocycles. The number of nitrogens with zero attached hydrogens (tertiary/aromatic N) is 1. The maximum Gasteiger partial charge on any atom is 0.326 e. The average Bonchev–Trinajstić information content (AvgIpc) is 2.79. The highest BCUT2D eigenvalue weighted by atomic mass is 16.5. The smallest absolute Gasteiger partial charge is 0.326 e. The number of ether oxygens (including phenoxy) is 1. The first-order valence-electron chi connectivity index (χ1n) is 8.33. The molecular formula is C18H23N3O5. The molecule has 1 aliphatic rings. The Morgan fingerprint density at radius 3 is 2.54 bits per heavy atom. The third-order valence-electron chi connectivity index (χ3n) is 4.36. The number of hydrogen-bond donors (Lipinski definition) is 2. The third-order valence-corrected chi connectivity index (χ3v) is 4.36. The fraction of sp³-hybridized carbons (Fsp3) is 0.444. The Hall–Kier alpha value is -2.90. The number of carbonyl (C=O) groups excluding carboxylic acids is 4. The maximum absolute atomic E-state index is 12.2. The monoisotopic (exact) mass is 361 g/mol. The Morgan fingerprint density at radius 1 is 1.27 bits per heavy atom. The lowest BCUT2D eigenvalue weighted by Gasteiger charge is -2.18. The van der Waals surface area contributed by atoms with Crippen LogP contribution in [0.2, 0.25) is 0 Å². The van der Waals surface area contributed by atoms with E-state index in [9.17, 15) is 19.2 Å². The topological polar surface area (TPSA) is 105 Å². The van der Waals surface area contributed by atoms with Crippen LogP contribution >= 0.6 is 0 Å². The van der Waals surface area contributed by atoms with Gasteiger partial charge < -0.3 is 15.4 Å². The minimum atomic E-state index is -1.02. The van der Waals surface area contributed by atoms with Gasteiger partial charge in [0.1, 0.15) is 12.1 Å². The summed E-state index contributed by atoms with van der Waals surface area (Å²) in [5.74, 6) is -1.81. The van der Waals surface area contributed by atoms with Crippen molar-refractivity contribution in [3.63, 3.8) is 0 Å². The zero-order valence-electron chi connectivity index (χ0n) is 15.3. The van der Waals surface area contributed by atoms with Gasteiger partial charge in [-0.2, -0.15) is 0 Å². The van der Waals surface area contributed by atoms with E-state index in [1.807, 2.05) is 26.0 Å². The van der Waals surface area contributed by atoms with E-state index in [4.69, 9.17) is 4.74 Å². The number of rotatable bonds is 6. The Labute approximate surface area is 151 Å². The Balaban J connectivity index is 1.86. The second-order valence-corrected chi connectivity index (χ2v) is 6.53. The second-order valence-electron chi connectivity index (χ2n) is 6.53. The van der Waals surface area contributed by atoms with Crippen molar-refractivity contribution in [1.82, 2.24) is 10.2 Å². The van der Waals surface area contributed by atoms with Crippen LogP contribution in [0.3, 0.4) is 0 Å². The quantitative estimate of drug-likeness (QED) is 0.590. The maximum atomic E-state index is 12.2. The van der Waals surface area contributed by atoms with Crippen molar-refractivity contribution >= 4 is 29.5 Å². The van der Waals surface area contributed by atoms with Crippen LogP contribution < -0.4 is 10.6 Å². The van der Waals surface area contributed by atoms with Gasteiger partial charge in [0.15, 0.2) is 6.61 Å². The van der Waals surface area contributed by atoms with Crippen LogP contribution in [0, 0.1) is 13.8 Å². The van der Waals surface area contributed by atoms with Crippen molar-refractivity contribution in [2.45, 2.75) is 39.7 Å². The van der Waals surface area contributed by atoms with E-state index in [1.54, 1.807) is 19.9 Å². The van der Waals surface area contributed by atoms with Gasteiger partial charge in [-0.15, -0.1) is 0 Å². The van der Waals surface area contributed by atoms with Crippen molar-refractivity contribution in [3.8, 4) is 0 Å². The number of carbonyl (C=O) groups is 4. The number of hydrogen-bond acceptors (Lipinski definition) is 5. The van der Waals surface area contributed by atoms with Crippen LogP contribution in [0.5, 0.6) is 0 Å². The van der Waals surface area contributed by atoms with E-state index >= 15 is 0 Å². The molecule has 1 saturated heterocycles. The highest BCUT2D eigenvalue weighted by Crippen LogP contribution is 2.20. The predicted molar refractivity (Wildman–Crippen MR) is 94.4 cm³/mol. The molecule has 1 atom stereocenters. The molecule has 1 fully saturated rings. The van der Waals surface area contributed by atoms with E-state index in [2.05, 4.69) is 10.6 Å². The van der Waals surface area contributed by atoms with Crippen molar-refractivity contribution in [2.75, 3.05) is 18.5 Å². The molecule has 0 aliphatic carbocycles. The summed E-state index contributed by atoms with van der Waals surface area (Å²) in [5.41, 5.74) is 1.57. The number of nitrogens with one attached hydrogen (secondary N) is 2. The summed E-state index contributed by atoms with van der Waals surface area (Å²) in [6.07, 6.45) is 0.404. The number of aryl methyl sites for hydroxylation is 2. The van der Waals surface area contributed by atoms with Crippen molar-refractivity contribution in [2.24, 2.45) is 0 Å². The van der Waals surface area contributed by atoms with Crippen molar-refractivity contribution < 1.29 is 23.9 Å². The molecule has 1 aromatic rings. The molecule has 8 heteroatoms. The third kappa shape index (κ3) is 4.19. The molecule has 26 heavy (non-hydrogen) atoms. The van der Waals surface area contributed by atoms with E-state index in [1.165, 1.54) is 0 Å². The first kappa shape index (κ1) is 19.4. The molecule has 8 nitrogen and oxygen atoms in total. The molecule has 2 rings (SSSR count). The van der Waals surface area contributed by atoms with Crippen molar-refractivity contribution in [3.05, 3.63) is 29.3 Å². The standard InChI is InChI=1S/C18H23N3O5/c1-5-18(4)16(24)21(17(25)20-18)9-15(23)26-10-14(22)19-13-7-6-11(2)8-12(13)3/h6-8H,5,9-10H2,1-4H3,(H,19,22)(H,20,25)/t18-/m0/s1. The minimum Gasteiger partial charge on any atom is -0.454 e. The second kappa shape index (κ2) is 7.55. The highest BCUT2D eigenvalue weighted by Gasteiger charge is 2.47. The van der Waals surface area contributed by atoms with E-state index in [0.717, 1.165) is 16.0 Å². The first-order valence-corrected chi connectivity index (χ1v) is 8.33. The van der Waals surface area contributed by atoms with E-state index in [-0.39, 0.29) is 0 Å². The Morgan fingerprint density at radius 2 is 1.96 bits per heavy atom. The molecule has 0 aromatic heterocycles. The molecule has 0 unspecified atom stereocenters. The number of benzene rings is 1. The SMILES string of the molecule is CC[C@]1(C)NC(=O)N(CC(=O)OCC(=O)Nc2ccc(C)cc2C)C1=O. The minimum absolute atomic E-state index is 0.404. The zero-order valence-corrected chi connectivity index (χ0v) is 15.3. The van der Waals surface area contributed by atoms with Crippen molar-refractivity contribution in [1.29, 1.82) is 0 Å². The summed E-state index contributed by atoms with van der Waals surface area (Å²) in [6.45, 7) is 6.13. The van der Waals surface area contributed by atoms with Crippen LogP contribution in [-0.4, -0.2) is 47.4 Å². The van der Waals surface area contributed by atoms with Gasteiger partial charge in [0.25, 0.3) is 11.8 Å². The Bertz CT molecular complexity index is 761. The fourth-order valence-corrected chi connectivity index (χ4v) is 2.59. The fourth-order valence-electron chi connectivity index (χ4n) is 2.59. The summed E-state index contributed by atoms with van der Waals surface area (Å²) < 4.78 is 4.88. The van der Waals surface area contributed by atoms with Gasteiger partial charge in [0.05, 0.1) is 0 Å². The molecule has 0 saturated carbocycles. The van der Waals surface area contributed by atoms with Crippen LogP contribution in [0.25, 0.3) is 0 Å². The summed E-state index contributed by atoms with van der Waals surface area (Å²) in [7, 11) is 0. The normalized spacial score (nSPS) is 19.3. The number of amides is 4. The van der Waals surface area contributed by atoms with E-state index < -0.39 is 42.5 Å². The lowest BCUT2D eigenvalue weighted by Crippen LogP contribution is -2.43. The molecule has 0 bridgehead atoms. The van der Waals surface area contributed by atoms with Gasteiger partial charge in [0.2, 0.25) is 0 Å². The lowest BCUT2D eigenvalue weighted by molar-refractivity contribution is -0.150. The van der Waals surface area contributed by atoms with Crippen LogP contribution in [0.4, 0.5) is 10.5 Å². The number of imide groups is 1. The molecule has 0 radical (unpaired) electrons. The van der Waals surface area contributed by atoms with Gasteiger partial charge in [0, 0.05) is 5.69 Å². The van der Waals surface area contributed by atoms with Gasteiger partial charge >= 0.3 is 12.0 Å². The lowest BCUT2D eigenvalue weighted by atomic mass is 9.99. The van der Waals surface area contributed by atoms with Crippen LogP contribution in [-0.2, 0) is 19.1 Å². The summed E-state index contributed by atoms with van der Waals surface area (Å²) in [6, 6.07) is 4.90. The molecule has 140 valence electrons. The molecule has 1 aromatic carbocycles.